The van der Waals surface area contributed by atoms with E-state index >= 15 is 0 Å². The molecule has 0 heterocycles. The molecule has 0 saturated heterocycles. The number of halogens is 8. The van der Waals surface area contributed by atoms with Crippen molar-refractivity contribution in [3.8, 4) is 5.75 Å². The molecule has 0 saturated carbocycles. The van der Waals surface area contributed by atoms with Crippen LogP contribution in [0.2, 0.25) is 20.1 Å². The molecule has 0 amide bonds. The number of alkyl halides is 1. The maximum atomic E-state index is 11.2. The second-order valence-corrected chi connectivity index (χ2v) is 10.0. The Hall–Kier alpha value is 0.865. The van der Waals surface area contributed by atoms with Crippen LogP contribution in [0.1, 0.15) is 0 Å². The number of rotatable bonds is 3. The molecule has 1 aliphatic rings. The van der Waals surface area contributed by atoms with Gasteiger partial charge in [0, 0.05) is 6.07 Å². The van der Waals surface area contributed by atoms with Crippen molar-refractivity contribution in [3.63, 3.8) is 0 Å². The molecule has 2 unspecified atom stereocenters. The van der Waals surface area contributed by atoms with Gasteiger partial charge in [0.15, 0.2) is 0 Å². The van der Waals surface area contributed by atoms with Crippen LogP contribution in [-0.4, -0.2) is 34.9 Å². The summed E-state index contributed by atoms with van der Waals surface area (Å²) in [6.45, 7) is 0. The fraction of sp³-hybridized carbons (Fsp3) is 0.143. The summed E-state index contributed by atoms with van der Waals surface area (Å²) in [6, 6.07) is 1.23. The summed E-state index contributed by atoms with van der Waals surface area (Å²) in [7, 11) is -5.26. The predicted molar refractivity (Wildman–Crippen MR) is 113 cm³/mol. The maximum absolute atomic E-state index is 11.2. The summed E-state index contributed by atoms with van der Waals surface area (Å²) in [4.78, 5) is 17.6. The molecule has 2 rings (SSSR count). The third kappa shape index (κ3) is 7.44. The zero-order valence-electron chi connectivity index (χ0n) is 15.9. The summed E-state index contributed by atoms with van der Waals surface area (Å²) >= 11 is 44.3. The van der Waals surface area contributed by atoms with E-state index in [1.807, 2.05) is 0 Å². The number of hydrogen-bond acceptors (Lipinski definition) is 7. The van der Waals surface area contributed by atoms with Gasteiger partial charge in [-0.05, 0) is 0 Å². The Kier molecular flexibility index (Phi) is 14.7. The van der Waals surface area contributed by atoms with Crippen molar-refractivity contribution in [1.82, 2.24) is 0 Å². The Morgan fingerprint density at radius 2 is 1.36 bits per heavy atom. The number of benzene rings is 1. The van der Waals surface area contributed by atoms with E-state index in [-0.39, 0.29) is 63.6 Å². The van der Waals surface area contributed by atoms with E-state index in [1.165, 1.54) is 6.07 Å². The van der Waals surface area contributed by atoms with E-state index in [0.717, 1.165) is 0 Å². The number of carbonyl (C=O) groups excluding carboxylic acids is 2. The van der Waals surface area contributed by atoms with E-state index in [2.05, 4.69) is 0 Å². The molecule has 33 heavy (non-hydrogen) atoms. The molecule has 19 heteroatoms. The van der Waals surface area contributed by atoms with Gasteiger partial charge >= 0.3 is 37.7 Å². The fourth-order valence-electron chi connectivity index (χ4n) is 2.10. The third-order valence-corrected chi connectivity index (χ3v) is 8.43. The van der Waals surface area contributed by atoms with Crippen molar-refractivity contribution in [2.75, 3.05) is 0 Å². The Bertz CT molecular complexity index is 1110. The van der Waals surface area contributed by atoms with Crippen LogP contribution < -0.4 is 47.9 Å². The number of aliphatic carboxylic acids is 2. The van der Waals surface area contributed by atoms with Crippen molar-refractivity contribution in [1.29, 1.82) is 0 Å². The summed E-state index contributed by atoms with van der Waals surface area (Å²) < 4.78 is 31.4. The minimum atomic E-state index is -5.26. The molecule has 1 aromatic rings. The third-order valence-electron chi connectivity index (χ3n) is 3.48. The zero-order valence-corrected chi connectivity index (χ0v) is 22.8. The Morgan fingerprint density at radius 1 is 0.909 bits per heavy atom. The van der Waals surface area contributed by atoms with Gasteiger partial charge in [-0.15, -0.1) is 11.6 Å². The van der Waals surface area contributed by atoms with Gasteiger partial charge in [-0.3, -0.25) is 4.55 Å². The topological polar surface area (TPSA) is 155 Å². The molecule has 0 aliphatic heterocycles. The second-order valence-electron chi connectivity index (χ2n) is 5.35. The molecule has 2 atom stereocenters. The molecule has 1 aliphatic carbocycles. The molecule has 2 N–H and O–H groups in total. The largest absolute Gasteiger partial charge is 1.00 e. The number of carboxylic acids is 2. The zero-order chi connectivity index (χ0) is 24.6. The summed E-state index contributed by atoms with van der Waals surface area (Å²) in [5.74, 6) is -7.34. The van der Waals surface area contributed by atoms with Crippen LogP contribution in [0.4, 0.5) is 0 Å². The van der Waals surface area contributed by atoms with Gasteiger partial charge in [0.05, 0.1) is 48.0 Å². The number of phenols is 1. The van der Waals surface area contributed by atoms with Crippen molar-refractivity contribution < 1.29 is 75.6 Å². The van der Waals surface area contributed by atoms with Gasteiger partial charge < -0.3 is 24.9 Å². The monoisotopic (exact) mass is 626 g/mol. The van der Waals surface area contributed by atoms with Crippen LogP contribution in [0.15, 0.2) is 26.1 Å². The van der Waals surface area contributed by atoms with Crippen molar-refractivity contribution in [2.45, 2.75) is 4.87 Å². The molecule has 0 spiro atoms. The molecule has 0 bridgehead atoms. The summed E-state index contributed by atoms with van der Waals surface area (Å²) in [6.07, 6.45) is 0. The molecule has 8 nitrogen and oxygen atoms in total. The molecule has 172 valence electrons. The van der Waals surface area contributed by atoms with Crippen molar-refractivity contribution in [3.05, 3.63) is 46.2 Å². The number of allylic oxidation sites excluding steroid dienone is 2. The van der Waals surface area contributed by atoms with Crippen LogP contribution in [0, 0.1) is 5.92 Å². The van der Waals surface area contributed by atoms with Crippen LogP contribution >= 0.6 is 92.8 Å². The van der Waals surface area contributed by atoms with Gasteiger partial charge in [0.2, 0.25) is 0 Å². The summed E-state index contributed by atoms with van der Waals surface area (Å²) in [5.41, 5.74) is 0. The first-order valence-electron chi connectivity index (χ1n) is 6.97. The smallest absolute Gasteiger partial charge is 0.549 e. The van der Waals surface area contributed by atoms with Crippen LogP contribution in [0.25, 0.3) is 0 Å². The van der Waals surface area contributed by atoms with Crippen LogP contribution in [0.3, 0.4) is 0 Å². The average molecular weight is 630 g/mol. The molecule has 1 aromatic carbocycles. The molecule has 0 radical (unpaired) electrons. The van der Waals surface area contributed by atoms with E-state index in [0.29, 0.717) is 0 Å². The predicted octanol–water partition coefficient (Wildman–Crippen LogP) is -2.87. The van der Waals surface area contributed by atoms with E-state index < -0.39 is 52.9 Å². The van der Waals surface area contributed by atoms with Gasteiger partial charge in [-0.1, -0.05) is 81.2 Å². The van der Waals surface area contributed by atoms with Crippen molar-refractivity contribution in [2.24, 2.45) is 5.92 Å². The van der Waals surface area contributed by atoms with Crippen LogP contribution in [-0.2, 0) is 19.7 Å². The minimum absolute atomic E-state index is 0. The molecule has 0 aromatic heterocycles. The number of phenolic OH excluding ortho intramolecular Hbond substituents is 1. The summed E-state index contributed by atoms with van der Waals surface area (Å²) in [5, 5.41) is 28.8. The Labute approximate surface area is 250 Å². The second kappa shape index (κ2) is 13.4. The van der Waals surface area contributed by atoms with E-state index in [9.17, 15) is 28.2 Å². The minimum Gasteiger partial charge on any atom is -0.549 e. The Balaban J connectivity index is 0. The fourth-order valence-corrected chi connectivity index (χ4v) is 5.33. The van der Waals surface area contributed by atoms with Crippen LogP contribution in [0.5, 0.6) is 5.75 Å². The molecule has 0 fully saturated rings. The van der Waals surface area contributed by atoms with Gasteiger partial charge in [-0.25, -0.2) is 0 Å². The van der Waals surface area contributed by atoms with Gasteiger partial charge in [0.1, 0.15) is 20.6 Å². The van der Waals surface area contributed by atoms with Gasteiger partial charge in [0.25, 0.3) is 10.1 Å². The number of carbonyl (C=O) groups is 2. The number of aromatic hydroxyl groups is 1. The maximum Gasteiger partial charge on any atom is 1.00 e. The molecular formula is C14H4Cl8Li2O8S. The first kappa shape index (κ1) is 36.0. The van der Waals surface area contributed by atoms with E-state index in [4.69, 9.17) is 102 Å². The average Bonchev–Trinajstić information content (AvgIpc) is 2.64. The normalized spacial score (nSPS) is 20.2. The first-order chi connectivity index (χ1) is 13.9. The van der Waals surface area contributed by atoms with Gasteiger partial charge in [-0.2, -0.15) is 8.42 Å². The number of hydrogen-bond donors (Lipinski definition) is 2. The van der Waals surface area contributed by atoms with E-state index in [1.54, 1.807) is 0 Å². The SMILES string of the molecule is O=C([O-])C1C(S(=O)(=O)O)=C(Cl)C(Cl)=C(Cl)C1(Cl)C(=O)[O-].Oc1cc(Cl)c(Cl)c(Cl)c1Cl.[Li+].[Li+]. The standard InChI is InChI=1S/C8H4Cl4O7S.C6H2Cl4O.2Li/c9-2-3(10)5(11)8(12,7(15)16)1(6(13)14)4(2)20(17,18)19;7-2-1-3(11)5(9)6(10)4(2)8;;/h1H,(H,13,14)(H,15,16)(H,17,18,19);1,11H;;/q;;2*+1/p-2. The van der Waals surface area contributed by atoms with Crippen molar-refractivity contribution >= 4 is 115 Å². The Morgan fingerprint density at radius 3 is 1.73 bits per heavy atom. The quantitative estimate of drug-likeness (QED) is 0.119. The number of carboxylic acid groups (broad SMARTS) is 2. The first-order valence-corrected chi connectivity index (χ1v) is 11.4. The molecular weight excluding hydrogens is 626 g/mol.